The van der Waals surface area contributed by atoms with Crippen LogP contribution in [0.3, 0.4) is 0 Å². The lowest BCUT2D eigenvalue weighted by Gasteiger charge is -2.17. The molecule has 0 saturated carbocycles. The molecule has 6 heteroatoms. The maximum Gasteiger partial charge on any atom is 0.305 e. The van der Waals surface area contributed by atoms with Crippen LogP contribution in [0, 0.1) is 12.7 Å². The van der Waals surface area contributed by atoms with Gasteiger partial charge in [0, 0.05) is 5.56 Å². The number of amides is 1. The summed E-state index contributed by atoms with van der Waals surface area (Å²) in [6.45, 7) is 1.71. The van der Waals surface area contributed by atoms with Gasteiger partial charge in [0.2, 0.25) is 0 Å². The van der Waals surface area contributed by atoms with E-state index < -0.39 is 23.7 Å². The molecule has 0 saturated heterocycles. The molecule has 2 rings (SSSR count). The van der Waals surface area contributed by atoms with Crippen LogP contribution in [0.15, 0.2) is 41.0 Å². The first-order valence-electron chi connectivity index (χ1n) is 6.29. The summed E-state index contributed by atoms with van der Waals surface area (Å²) in [6.07, 6.45) is 1.07. The fourth-order valence-corrected chi connectivity index (χ4v) is 1.95. The highest BCUT2D eigenvalue weighted by Gasteiger charge is 2.21. The highest BCUT2D eigenvalue weighted by Crippen LogP contribution is 2.19. The zero-order chi connectivity index (χ0) is 15.4. The molecule has 0 aliphatic rings. The molecule has 0 spiro atoms. The maximum absolute atomic E-state index is 12.9. The van der Waals surface area contributed by atoms with Gasteiger partial charge in [0.1, 0.15) is 5.82 Å². The van der Waals surface area contributed by atoms with Gasteiger partial charge in [-0.3, -0.25) is 9.59 Å². The average molecular weight is 291 g/mol. The Hall–Kier alpha value is -2.63. The Bertz CT molecular complexity index is 648. The number of carbonyl (C=O) groups is 2. The third-order valence-electron chi connectivity index (χ3n) is 3.02. The van der Waals surface area contributed by atoms with Gasteiger partial charge in [-0.1, -0.05) is 12.1 Å². The van der Waals surface area contributed by atoms with Crippen molar-refractivity contribution in [3.05, 3.63) is 59.3 Å². The van der Waals surface area contributed by atoms with Crippen molar-refractivity contribution in [1.29, 1.82) is 0 Å². The number of rotatable bonds is 5. The van der Waals surface area contributed by atoms with E-state index in [9.17, 15) is 14.0 Å². The molecule has 0 radical (unpaired) electrons. The Labute approximate surface area is 120 Å². The van der Waals surface area contributed by atoms with E-state index in [1.165, 1.54) is 30.5 Å². The zero-order valence-corrected chi connectivity index (χ0v) is 11.3. The normalized spacial score (nSPS) is 11.9. The second-order valence-electron chi connectivity index (χ2n) is 4.61. The zero-order valence-electron chi connectivity index (χ0n) is 11.3. The van der Waals surface area contributed by atoms with Crippen LogP contribution >= 0.6 is 0 Å². The first-order chi connectivity index (χ1) is 9.97. The van der Waals surface area contributed by atoms with Crippen molar-refractivity contribution in [2.45, 2.75) is 19.4 Å². The standard InChI is InChI=1S/C15H14FNO4/c1-9-6-7-21-14(9)15(20)17-12(8-13(18)19)10-2-4-11(16)5-3-10/h2-7,12H,8H2,1H3,(H,17,20)(H,18,19). The van der Waals surface area contributed by atoms with Gasteiger partial charge in [-0.15, -0.1) is 0 Å². The van der Waals surface area contributed by atoms with E-state index in [4.69, 9.17) is 9.52 Å². The quantitative estimate of drug-likeness (QED) is 0.887. The number of furan rings is 1. The van der Waals surface area contributed by atoms with Gasteiger partial charge in [0.25, 0.3) is 5.91 Å². The molecular weight excluding hydrogens is 277 g/mol. The van der Waals surface area contributed by atoms with Gasteiger partial charge in [0.05, 0.1) is 18.7 Å². The van der Waals surface area contributed by atoms with Crippen molar-refractivity contribution in [3.8, 4) is 0 Å². The Morgan fingerprint density at radius 3 is 2.48 bits per heavy atom. The molecular formula is C15H14FNO4. The van der Waals surface area contributed by atoms with E-state index in [-0.39, 0.29) is 12.2 Å². The van der Waals surface area contributed by atoms with Crippen molar-refractivity contribution < 1.29 is 23.5 Å². The number of benzene rings is 1. The summed E-state index contributed by atoms with van der Waals surface area (Å²) >= 11 is 0. The van der Waals surface area contributed by atoms with Crippen LogP contribution in [0.2, 0.25) is 0 Å². The number of carboxylic acid groups (broad SMARTS) is 1. The number of carboxylic acids is 1. The monoisotopic (exact) mass is 291 g/mol. The number of nitrogens with one attached hydrogen (secondary N) is 1. The molecule has 0 aliphatic carbocycles. The molecule has 0 aliphatic heterocycles. The Balaban J connectivity index is 2.20. The summed E-state index contributed by atoms with van der Waals surface area (Å²) in [4.78, 5) is 23.0. The summed E-state index contributed by atoms with van der Waals surface area (Å²) in [5, 5.41) is 11.5. The predicted molar refractivity (Wildman–Crippen MR) is 72.3 cm³/mol. The first-order valence-corrected chi connectivity index (χ1v) is 6.29. The smallest absolute Gasteiger partial charge is 0.305 e. The van der Waals surface area contributed by atoms with Crippen molar-refractivity contribution >= 4 is 11.9 Å². The molecule has 5 nitrogen and oxygen atoms in total. The highest BCUT2D eigenvalue weighted by atomic mass is 19.1. The second kappa shape index (κ2) is 6.21. The van der Waals surface area contributed by atoms with Crippen LogP contribution in [-0.4, -0.2) is 17.0 Å². The average Bonchev–Trinajstić information content (AvgIpc) is 2.84. The fraction of sp³-hybridized carbons (Fsp3) is 0.200. The van der Waals surface area contributed by atoms with E-state index in [1.54, 1.807) is 13.0 Å². The van der Waals surface area contributed by atoms with Crippen LogP contribution in [-0.2, 0) is 4.79 Å². The Morgan fingerprint density at radius 2 is 1.95 bits per heavy atom. The molecule has 1 atom stereocenters. The Morgan fingerprint density at radius 1 is 1.29 bits per heavy atom. The van der Waals surface area contributed by atoms with E-state index >= 15 is 0 Å². The van der Waals surface area contributed by atoms with Crippen molar-refractivity contribution in [2.75, 3.05) is 0 Å². The van der Waals surface area contributed by atoms with Gasteiger partial charge >= 0.3 is 5.97 Å². The molecule has 1 unspecified atom stereocenters. The van der Waals surface area contributed by atoms with Gasteiger partial charge in [-0.25, -0.2) is 4.39 Å². The summed E-state index contributed by atoms with van der Waals surface area (Å²) in [6, 6.07) is 6.19. The lowest BCUT2D eigenvalue weighted by molar-refractivity contribution is -0.137. The maximum atomic E-state index is 12.9. The number of hydrogen-bond donors (Lipinski definition) is 2. The first kappa shape index (κ1) is 14.8. The molecule has 21 heavy (non-hydrogen) atoms. The predicted octanol–water partition coefficient (Wildman–Crippen LogP) is 2.67. The second-order valence-corrected chi connectivity index (χ2v) is 4.61. The van der Waals surface area contributed by atoms with Gasteiger partial charge in [0.15, 0.2) is 5.76 Å². The lowest BCUT2D eigenvalue weighted by Crippen LogP contribution is -2.30. The van der Waals surface area contributed by atoms with Crippen LogP contribution in [0.25, 0.3) is 0 Å². The van der Waals surface area contributed by atoms with Crippen LogP contribution in [0.1, 0.15) is 34.1 Å². The number of aliphatic carboxylic acids is 1. The van der Waals surface area contributed by atoms with E-state index in [0.717, 1.165) is 0 Å². The minimum Gasteiger partial charge on any atom is -0.481 e. The molecule has 1 amide bonds. The van der Waals surface area contributed by atoms with Crippen LogP contribution in [0.5, 0.6) is 0 Å². The third-order valence-corrected chi connectivity index (χ3v) is 3.02. The summed E-state index contributed by atoms with van der Waals surface area (Å²) in [5.74, 6) is -1.87. The molecule has 1 heterocycles. The summed E-state index contributed by atoms with van der Waals surface area (Å²) < 4.78 is 18.0. The molecule has 1 aromatic heterocycles. The molecule has 1 aromatic carbocycles. The summed E-state index contributed by atoms with van der Waals surface area (Å²) in [7, 11) is 0. The van der Waals surface area contributed by atoms with Gasteiger partial charge in [-0.2, -0.15) is 0 Å². The van der Waals surface area contributed by atoms with Crippen LogP contribution in [0.4, 0.5) is 4.39 Å². The molecule has 2 aromatic rings. The van der Waals surface area contributed by atoms with Crippen molar-refractivity contribution in [3.63, 3.8) is 0 Å². The van der Waals surface area contributed by atoms with E-state index in [2.05, 4.69) is 5.32 Å². The Kier molecular flexibility index (Phi) is 4.37. The highest BCUT2D eigenvalue weighted by molar-refractivity contribution is 5.93. The number of halogens is 1. The minimum atomic E-state index is -1.07. The topological polar surface area (TPSA) is 79.5 Å². The third kappa shape index (κ3) is 3.68. The molecule has 2 N–H and O–H groups in total. The largest absolute Gasteiger partial charge is 0.481 e. The van der Waals surface area contributed by atoms with Crippen LogP contribution < -0.4 is 5.32 Å². The van der Waals surface area contributed by atoms with Gasteiger partial charge < -0.3 is 14.8 Å². The van der Waals surface area contributed by atoms with Crippen molar-refractivity contribution in [2.24, 2.45) is 0 Å². The SMILES string of the molecule is Cc1ccoc1C(=O)NC(CC(=O)O)c1ccc(F)cc1. The van der Waals surface area contributed by atoms with Crippen molar-refractivity contribution in [1.82, 2.24) is 5.32 Å². The van der Waals surface area contributed by atoms with E-state index in [0.29, 0.717) is 11.1 Å². The molecule has 0 fully saturated rings. The molecule has 0 bridgehead atoms. The molecule has 110 valence electrons. The lowest BCUT2D eigenvalue weighted by atomic mass is 10.0. The minimum absolute atomic E-state index is 0.132. The van der Waals surface area contributed by atoms with Gasteiger partial charge in [-0.05, 0) is 30.7 Å². The number of carbonyl (C=O) groups excluding carboxylic acids is 1. The number of aryl methyl sites for hydroxylation is 1. The fourth-order valence-electron chi connectivity index (χ4n) is 1.95. The summed E-state index contributed by atoms with van der Waals surface area (Å²) in [5.41, 5.74) is 1.16. The number of hydrogen-bond acceptors (Lipinski definition) is 3. The van der Waals surface area contributed by atoms with E-state index in [1.807, 2.05) is 0 Å².